The van der Waals surface area contributed by atoms with Crippen molar-refractivity contribution in [1.82, 2.24) is 20.5 Å². The molecule has 0 aliphatic carbocycles. The third-order valence-corrected chi connectivity index (χ3v) is 4.52. The van der Waals surface area contributed by atoms with Gasteiger partial charge in [-0.3, -0.25) is 5.43 Å². The molecule has 0 atom stereocenters. The summed E-state index contributed by atoms with van der Waals surface area (Å²) in [6.45, 7) is 6.38. The van der Waals surface area contributed by atoms with E-state index in [2.05, 4.69) is 15.5 Å². The second kappa shape index (κ2) is 9.02. The summed E-state index contributed by atoms with van der Waals surface area (Å²) in [6, 6.07) is 9.48. The van der Waals surface area contributed by atoms with Crippen molar-refractivity contribution in [3.8, 4) is 11.3 Å². The van der Waals surface area contributed by atoms with Crippen LogP contribution in [-0.4, -0.2) is 60.5 Å². The molecule has 7 nitrogen and oxygen atoms in total. The number of hydrazine groups is 1. The number of hydrogen-bond acceptors (Lipinski definition) is 6. The van der Waals surface area contributed by atoms with E-state index >= 15 is 0 Å². The Hall–Kier alpha value is -2.09. The summed E-state index contributed by atoms with van der Waals surface area (Å²) >= 11 is 5.91. The first-order valence-electron chi connectivity index (χ1n) is 8.76. The van der Waals surface area contributed by atoms with Crippen LogP contribution in [0.4, 0.5) is 4.79 Å². The summed E-state index contributed by atoms with van der Waals surface area (Å²) in [5.41, 5.74) is 4.65. The Morgan fingerprint density at radius 2 is 2.00 bits per heavy atom. The van der Waals surface area contributed by atoms with Gasteiger partial charge in [-0.1, -0.05) is 16.8 Å². The van der Waals surface area contributed by atoms with Crippen LogP contribution in [0, 0.1) is 0 Å². The summed E-state index contributed by atoms with van der Waals surface area (Å²) in [4.78, 5) is 13.8. The standard InChI is InChI=1S/C18H23ClN4O3/c1-2-25-18(24)20-23-11-9-22(10-12-23)8-7-16-13-17(26-21-16)14-3-5-15(19)6-4-14/h3-6,13H,2,7-12H2,1H3,(H,20,24). The Bertz CT molecular complexity index is 711. The minimum absolute atomic E-state index is 0.376. The number of halogens is 1. The normalized spacial score (nSPS) is 15.8. The number of hydrogen-bond donors (Lipinski definition) is 1. The summed E-state index contributed by atoms with van der Waals surface area (Å²) in [5.74, 6) is 0.750. The second-order valence-corrected chi connectivity index (χ2v) is 6.54. The van der Waals surface area contributed by atoms with Crippen molar-refractivity contribution >= 4 is 17.7 Å². The van der Waals surface area contributed by atoms with Crippen molar-refractivity contribution in [2.45, 2.75) is 13.3 Å². The van der Waals surface area contributed by atoms with Gasteiger partial charge in [0.1, 0.15) is 0 Å². The topological polar surface area (TPSA) is 70.8 Å². The zero-order valence-corrected chi connectivity index (χ0v) is 15.5. The fourth-order valence-corrected chi connectivity index (χ4v) is 2.95. The van der Waals surface area contributed by atoms with Gasteiger partial charge in [-0.25, -0.2) is 9.80 Å². The number of ether oxygens (including phenoxy) is 1. The van der Waals surface area contributed by atoms with Crippen LogP contribution in [0.3, 0.4) is 0 Å². The number of carbonyl (C=O) groups excluding carboxylic acids is 1. The number of nitrogens with one attached hydrogen (secondary N) is 1. The molecule has 0 spiro atoms. The molecule has 1 amide bonds. The van der Waals surface area contributed by atoms with E-state index in [-0.39, 0.29) is 0 Å². The highest BCUT2D eigenvalue weighted by atomic mass is 35.5. The van der Waals surface area contributed by atoms with E-state index in [1.807, 2.05) is 35.3 Å². The van der Waals surface area contributed by atoms with E-state index in [0.29, 0.717) is 11.6 Å². The van der Waals surface area contributed by atoms with Crippen LogP contribution < -0.4 is 5.43 Å². The second-order valence-electron chi connectivity index (χ2n) is 6.10. The SMILES string of the molecule is CCOC(=O)NN1CCN(CCc2cc(-c3ccc(Cl)cc3)on2)CC1. The van der Waals surface area contributed by atoms with E-state index in [1.54, 1.807) is 6.92 Å². The lowest BCUT2D eigenvalue weighted by atomic mass is 10.1. The average Bonchev–Trinajstić information content (AvgIpc) is 3.11. The van der Waals surface area contributed by atoms with Crippen LogP contribution in [0.15, 0.2) is 34.9 Å². The molecule has 2 aromatic rings. The van der Waals surface area contributed by atoms with Crippen LogP contribution in [-0.2, 0) is 11.2 Å². The molecule has 140 valence electrons. The van der Waals surface area contributed by atoms with Crippen molar-refractivity contribution in [3.63, 3.8) is 0 Å². The molecular formula is C18H23ClN4O3. The van der Waals surface area contributed by atoms with Gasteiger partial charge >= 0.3 is 6.09 Å². The summed E-state index contributed by atoms with van der Waals surface area (Å²) in [6.07, 6.45) is 0.431. The Balaban J connectivity index is 1.43. The van der Waals surface area contributed by atoms with E-state index < -0.39 is 6.09 Å². The molecule has 1 N–H and O–H groups in total. The fourth-order valence-electron chi connectivity index (χ4n) is 2.83. The monoisotopic (exact) mass is 378 g/mol. The number of piperazine rings is 1. The molecule has 0 bridgehead atoms. The van der Waals surface area contributed by atoms with Gasteiger partial charge in [0, 0.05) is 55.8 Å². The molecule has 0 unspecified atom stereocenters. The Labute approximate surface area is 157 Å². The predicted octanol–water partition coefficient (Wildman–Crippen LogP) is 2.82. The van der Waals surface area contributed by atoms with E-state index in [4.69, 9.17) is 20.9 Å². The molecule has 1 aromatic carbocycles. The Morgan fingerprint density at radius 3 is 2.69 bits per heavy atom. The van der Waals surface area contributed by atoms with Crippen molar-refractivity contribution in [2.24, 2.45) is 0 Å². The summed E-state index contributed by atoms with van der Waals surface area (Å²) in [5, 5.41) is 6.75. The molecule has 2 heterocycles. The van der Waals surface area contributed by atoms with Gasteiger partial charge in [-0.15, -0.1) is 0 Å². The van der Waals surface area contributed by atoms with Gasteiger partial charge in [0.15, 0.2) is 5.76 Å². The molecule has 0 saturated carbocycles. The molecule has 1 saturated heterocycles. The molecule has 1 aliphatic rings. The minimum atomic E-state index is -0.390. The maximum absolute atomic E-state index is 11.4. The number of nitrogens with zero attached hydrogens (tertiary/aromatic N) is 3. The number of aromatic nitrogens is 1. The first kappa shape index (κ1) is 18.7. The molecule has 1 aliphatic heterocycles. The van der Waals surface area contributed by atoms with Crippen LogP contribution >= 0.6 is 11.6 Å². The third-order valence-electron chi connectivity index (χ3n) is 4.27. The minimum Gasteiger partial charge on any atom is -0.449 e. The third kappa shape index (κ3) is 5.20. The molecule has 0 radical (unpaired) electrons. The maximum Gasteiger partial charge on any atom is 0.421 e. The molecule has 8 heteroatoms. The van der Waals surface area contributed by atoms with Crippen molar-refractivity contribution in [2.75, 3.05) is 39.3 Å². The van der Waals surface area contributed by atoms with Crippen molar-refractivity contribution in [1.29, 1.82) is 0 Å². The number of amides is 1. The smallest absolute Gasteiger partial charge is 0.421 e. The lowest BCUT2D eigenvalue weighted by Crippen LogP contribution is -2.53. The molecule has 3 rings (SSSR count). The first-order chi connectivity index (χ1) is 12.6. The van der Waals surface area contributed by atoms with Gasteiger partial charge in [-0.2, -0.15) is 0 Å². The number of carbonyl (C=O) groups is 1. The predicted molar refractivity (Wildman–Crippen MR) is 98.8 cm³/mol. The van der Waals surface area contributed by atoms with Crippen LogP contribution in [0.1, 0.15) is 12.6 Å². The Kier molecular flexibility index (Phi) is 6.49. The molecular weight excluding hydrogens is 356 g/mol. The van der Waals surface area contributed by atoms with Gasteiger partial charge in [0.2, 0.25) is 0 Å². The van der Waals surface area contributed by atoms with Crippen LogP contribution in [0.2, 0.25) is 5.02 Å². The zero-order valence-electron chi connectivity index (χ0n) is 14.8. The van der Waals surface area contributed by atoms with Crippen molar-refractivity contribution in [3.05, 3.63) is 41.0 Å². The van der Waals surface area contributed by atoms with Crippen LogP contribution in [0.5, 0.6) is 0 Å². The van der Waals surface area contributed by atoms with Gasteiger partial charge in [-0.05, 0) is 31.2 Å². The average molecular weight is 379 g/mol. The van der Waals surface area contributed by atoms with Crippen LogP contribution in [0.25, 0.3) is 11.3 Å². The highest BCUT2D eigenvalue weighted by molar-refractivity contribution is 6.30. The maximum atomic E-state index is 11.4. The number of rotatable bonds is 6. The summed E-state index contributed by atoms with van der Waals surface area (Å²) in [7, 11) is 0. The van der Waals surface area contributed by atoms with E-state index in [1.165, 1.54) is 0 Å². The largest absolute Gasteiger partial charge is 0.449 e. The molecule has 26 heavy (non-hydrogen) atoms. The van der Waals surface area contributed by atoms with Gasteiger partial charge in [0.25, 0.3) is 0 Å². The highest BCUT2D eigenvalue weighted by Gasteiger charge is 2.19. The Morgan fingerprint density at radius 1 is 1.27 bits per heavy atom. The fraction of sp³-hybridized carbons (Fsp3) is 0.444. The van der Waals surface area contributed by atoms with Crippen molar-refractivity contribution < 1.29 is 14.1 Å². The number of benzene rings is 1. The first-order valence-corrected chi connectivity index (χ1v) is 9.14. The van der Waals surface area contributed by atoms with Gasteiger partial charge < -0.3 is 14.2 Å². The van der Waals surface area contributed by atoms with Gasteiger partial charge in [0.05, 0.1) is 12.3 Å². The highest BCUT2D eigenvalue weighted by Crippen LogP contribution is 2.22. The van der Waals surface area contributed by atoms with E-state index in [9.17, 15) is 4.79 Å². The molecule has 1 fully saturated rings. The molecule has 1 aromatic heterocycles. The lowest BCUT2D eigenvalue weighted by molar-refractivity contribution is 0.0712. The zero-order chi connectivity index (χ0) is 18.4. The quantitative estimate of drug-likeness (QED) is 0.833. The van der Waals surface area contributed by atoms with E-state index in [0.717, 1.165) is 56.2 Å². The summed E-state index contributed by atoms with van der Waals surface area (Å²) < 4.78 is 10.3. The lowest BCUT2D eigenvalue weighted by Gasteiger charge is -2.34.